The minimum atomic E-state index is -1.08. The van der Waals surface area contributed by atoms with E-state index in [4.69, 9.17) is 9.84 Å². The van der Waals surface area contributed by atoms with Gasteiger partial charge < -0.3 is 14.7 Å². The van der Waals surface area contributed by atoms with Gasteiger partial charge in [-0.3, -0.25) is 9.59 Å². The van der Waals surface area contributed by atoms with Crippen LogP contribution in [0.15, 0.2) is 24.4 Å². The first-order valence-electron chi connectivity index (χ1n) is 7.42. The highest BCUT2D eigenvalue weighted by Crippen LogP contribution is 2.11. The summed E-state index contributed by atoms with van der Waals surface area (Å²) in [5, 5.41) is 13.3. The van der Waals surface area contributed by atoms with Gasteiger partial charge in [0.2, 0.25) is 0 Å². The Bertz CT molecular complexity index is 724. The lowest BCUT2D eigenvalue weighted by Crippen LogP contribution is -2.38. The second-order valence-electron chi connectivity index (χ2n) is 5.36. The smallest absolute Gasteiger partial charge is 0.323 e. The number of pyridine rings is 1. The lowest BCUT2D eigenvalue weighted by molar-refractivity contribution is -0.137. The van der Waals surface area contributed by atoms with Gasteiger partial charge in [-0.15, -0.1) is 0 Å². The third kappa shape index (κ3) is 4.17. The molecule has 0 saturated carbocycles. The summed E-state index contributed by atoms with van der Waals surface area (Å²) in [6, 6.07) is 5.23. The number of carbonyl (C=O) groups is 2. The maximum absolute atomic E-state index is 12.4. The second kappa shape index (κ2) is 7.69. The van der Waals surface area contributed by atoms with Gasteiger partial charge in [-0.1, -0.05) is 0 Å². The number of rotatable bonds is 7. The van der Waals surface area contributed by atoms with Crippen LogP contribution in [0.2, 0.25) is 0 Å². The van der Waals surface area contributed by atoms with Gasteiger partial charge in [0.05, 0.1) is 17.9 Å². The summed E-state index contributed by atoms with van der Waals surface area (Å²) in [6.07, 6.45) is 1.43. The Balaban J connectivity index is 2.20. The maximum atomic E-state index is 12.4. The summed E-state index contributed by atoms with van der Waals surface area (Å²) in [5.74, 6) is -0.882. The minimum Gasteiger partial charge on any atom is -0.480 e. The van der Waals surface area contributed by atoms with Crippen LogP contribution in [0.4, 0.5) is 0 Å². The van der Waals surface area contributed by atoms with Crippen LogP contribution >= 0.6 is 0 Å². The monoisotopic (exact) mass is 332 g/mol. The molecule has 0 bridgehead atoms. The number of hydrogen-bond acceptors (Lipinski definition) is 5. The molecule has 0 aromatic carbocycles. The quantitative estimate of drug-likeness (QED) is 0.814. The van der Waals surface area contributed by atoms with Crippen molar-refractivity contribution >= 4 is 11.9 Å². The molecule has 0 radical (unpaired) electrons. The van der Waals surface area contributed by atoms with Crippen LogP contribution in [0.5, 0.6) is 0 Å². The standard InChI is InChI=1S/C16H20N4O4/c1-11-8-12(2)20(18-11)14-5-4-13(9-17-14)16(23)19(6-7-24-3)10-15(21)22/h4-5,8-9H,6-7,10H2,1-3H3,(H,21,22). The zero-order chi connectivity index (χ0) is 17.7. The largest absolute Gasteiger partial charge is 0.480 e. The van der Waals surface area contributed by atoms with E-state index in [1.165, 1.54) is 18.2 Å². The Kier molecular flexibility index (Phi) is 5.64. The molecule has 0 saturated heterocycles. The summed E-state index contributed by atoms with van der Waals surface area (Å²) in [6.45, 7) is 3.87. The third-order valence-corrected chi connectivity index (χ3v) is 3.40. The average Bonchev–Trinajstić information content (AvgIpc) is 2.89. The first-order valence-corrected chi connectivity index (χ1v) is 7.42. The maximum Gasteiger partial charge on any atom is 0.323 e. The lowest BCUT2D eigenvalue weighted by atomic mass is 10.2. The van der Waals surface area contributed by atoms with Crippen LogP contribution in [-0.2, 0) is 9.53 Å². The molecule has 1 amide bonds. The molecule has 2 heterocycles. The van der Waals surface area contributed by atoms with Crippen molar-refractivity contribution in [2.45, 2.75) is 13.8 Å². The fourth-order valence-electron chi connectivity index (χ4n) is 2.30. The van der Waals surface area contributed by atoms with Gasteiger partial charge >= 0.3 is 5.97 Å². The molecule has 2 aromatic rings. The molecule has 0 spiro atoms. The van der Waals surface area contributed by atoms with Crippen molar-refractivity contribution in [3.8, 4) is 5.82 Å². The Morgan fingerprint density at radius 1 is 1.33 bits per heavy atom. The number of aromatic nitrogens is 3. The van der Waals surface area contributed by atoms with Gasteiger partial charge in [0.1, 0.15) is 6.54 Å². The predicted molar refractivity (Wildman–Crippen MR) is 86.2 cm³/mol. The number of amides is 1. The normalized spacial score (nSPS) is 10.6. The van der Waals surface area contributed by atoms with Crippen LogP contribution in [0.25, 0.3) is 5.82 Å². The summed E-state index contributed by atoms with van der Waals surface area (Å²) in [7, 11) is 1.49. The van der Waals surface area contributed by atoms with E-state index >= 15 is 0 Å². The number of methoxy groups -OCH3 is 1. The van der Waals surface area contributed by atoms with Crippen molar-refractivity contribution in [3.05, 3.63) is 41.3 Å². The molecule has 24 heavy (non-hydrogen) atoms. The van der Waals surface area contributed by atoms with Crippen LogP contribution in [0, 0.1) is 13.8 Å². The van der Waals surface area contributed by atoms with Crippen LogP contribution in [0.3, 0.4) is 0 Å². The number of carbonyl (C=O) groups excluding carboxylic acids is 1. The van der Waals surface area contributed by atoms with Crippen LogP contribution < -0.4 is 0 Å². The van der Waals surface area contributed by atoms with E-state index in [2.05, 4.69) is 10.1 Å². The molecule has 2 aromatic heterocycles. The van der Waals surface area contributed by atoms with Crippen molar-refractivity contribution in [2.24, 2.45) is 0 Å². The van der Waals surface area contributed by atoms with Crippen molar-refractivity contribution in [3.63, 3.8) is 0 Å². The summed E-state index contributed by atoms with van der Waals surface area (Å²) in [5.41, 5.74) is 2.13. The molecule has 1 N–H and O–H groups in total. The summed E-state index contributed by atoms with van der Waals surface area (Å²) >= 11 is 0. The molecule has 8 heteroatoms. The Labute approximate surface area is 139 Å². The lowest BCUT2D eigenvalue weighted by Gasteiger charge is -2.20. The first-order chi connectivity index (χ1) is 11.4. The fraction of sp³-hybridized carbons (Fsp3) is 0.375. The van der Waals surface area contributed by atoms with E-state index in [1.54, 1.807) is 16.8 Å². The van der Waals surface area contributed by atoms with Crippen molar-refractivity contribution in [1.82, 2.24) is 19.7 Å². The van der Waals surface area contributed by atoms with Gasteiger partial charge in [0.15, 0.2) is 5.82 Å². The number of aliphatic carboxylic acids is 1. The first kappa shape index (κ1) is 17.6. The molecule has 128 valence electrons. The van der Waals surface area contributed by atoms with E-state index in [0.29, 0.717) is 11.4 Å². The van der Waals surface area contributed by atoms with E-state index in [9.17, 15) is 9.59 Å². The predicted octanol–water partition coefficient (Wildman–Crippen LogP) is 1.06. The molecule has 0 atom stereocenters. The summed E-state index contributed by atoms with van der Waals surface area (Å²) < 4.78 is 6.60. The van der Waals surface area contributed by atoms with Gasteiger partial charge in [-0.2, -0.15) is 5.10 Å². The highest BCUT2D eigenvalue weighted by molar-refractivity contribution is 5.95. The number of carboxylic acids is 1. The second-order valence-corrected chi connectivity index (χ2v) is 5.36. The molecule has 0 unspecified atom stereocenters. The molecule has 0 aliphatic heterocycles. The van der Waals surface area contributed by atoms with Crippen LogP contribution in [-0.4, -0.2) is 63.5 Å². The SMILES string of the molecule is COCCN(CC(=O)O)C(=O)c1ccc(-n2nc(C)cc2C)nc1. The van der Waals surface area contributed by atoms with E-state index in [1.807, 2.05) is 19.9 Å². The Morgan fingerprint density at radius 2 is 2.08 bits per heavy atom. The number of carboxylic acid groups (broad SMARTS) is 1. The topological polar surface area (TPSA) is 97.6 Å². The number of aryl methyl sites for hydroxylation is 2. The molecule has 0 aliphatic rings. The third-order valence-electron chi connectivity index (χ3n) is 3.40. The van der Waals surface area contributed by atoms with Crippen molar-refractivity contribution in [1.29, 1.82) is 0 Å². The van der Waals surface area contributed by atoms with E-state index < -0.39 is 11.9 Å². The Hall–Kier alpha value is -2.74. The number of nitrogens with zero attached hydrogens (tertiary/aromatic N) is 4. The molecular weight excluding hydrogens is 312 g/mol. The summed E-state index contributed by atoms with van der Waals surface area (Å²) in [4.78, 5) is 28.8. The van der Waals surface area contributed by atoms with Gasteiger partial charge in [-0.05, 0) is 32.0 Å². The van der Waals surface area contributed by atoms with Gasteiger partial charge in [0.25, 0.3) is 5.91 Å². The van der Waals surface area contributed by atoms with Crippen molar-refractivity contribution in [2.75, 3.05) is 26.8 Å². The van der Waals surface area contributed by atoms with Gasteiger partial charge in [-0.25, -0.2) is 9.67 Å². The minimum absolute atomic E-state index is 0.195. The highest BCUT2D eigenvalue weighted by atomic mass is 16.5. The zero-order valence-electron chi connectivity index (χ0n) is 13.9. The molecule has 0 aliphatic carbocycles. The van der Waals surface area contributed by atoms with Gasteiger partial charge in [0, 0.05) is 25.5 Å². The average molecular weight is 332 g/mol. The number of hydrogen-bond donors (Lipinski definition) is 1. The highest BCUT2D eigenvalue weighted by Gasteiger charge is 2.19. The zero-order valence-corrected chi connectivity index (χ0v) is 13.9. The number of ether oxygens (including phenoxy) is 1. The Morgan fingerprint density at radius 3 is 2.58 bits per heavy atom. The fourth-order valence-corrected chi connectivity index (χ4v) is 2.30. The molecule has 2 rings (SSSR count). The molecule has 0 fully saturated rings. The van der Waals surface area contributed by atoms with Crippen LogP contribution in [0.1, 0.15) is 21.7 Å². The van der Waals surface area contributed by atoms with E-state index in [-0.39, 0.29) is 19.7 Å². The van der Waals surface area contributed by atoms with E-state index in [0.717, 1.165) is 11.4 Å². The molecule has 8 nitrogen and oxygen atoms in total. The molecular formula is C16H20N4O4. The van der Waals surface area contributed by atoms with Crippen molar-refractivity contribution < 1.29 is 19.4 Å².